The first kappa shape index (κ1) is 12.4. The fourth-order valence-electron chi connectivity index (χ4n) is 1.27. The zero-order valence-corrected chi connectivity index (χ0v) is 8.96. The molecule has 0 radical (unpaired) electrons. The second kappa shape index (κ2) is 6.79. The van der Waals surface area contributed by atoms with Crippen molar-refractivity contribution in [3.63, 3.8) is 0 Å². The predicted octanol–water partition coefficient (Wildman–Crippen LogP) is 2.14. The lowest BCUT2D eigenvalue weighted by Crippen LogP contribution is -1.98. The van der Waals surface area contributed by atoms with Crippen molar-refractivity contribution in [3.05, 3.63) is 34.4 Å². The fraction of sp³-hybridized carbons (Fsp3) is 0.455. The Hall–Kier alpha value is -1.62. The van der Waals surface area contributed by atoms with Crippen LogP contribution in [-0.2, 0) is 0 Å². The van der Waals surface area contributed by atoms with Gasteiger partial charge in [-0.2, -0.15) is 0 Å². The Morgan fingerprint density at radius 3 is 2.81 bits per heavy atom. The molecule has 0 saturated carbocycles. The molecule has 1 rings (SSSR count). The first-order chi connectivity index (χ1) is 7.74. The van der Waals surface area contributed by atoms with Gasteiger partial charge in [0.1, 0.15) is 5.75 Å². The van der Waals surface area contributed by atoms with Crippen LogP contribution in [0.2, 0.25) is 0 Å². The van der Waals surface area contributed by atoms with Gasteiger partial charge >= 0.3 is 0 Å². The minimum Gasteiger partial charge on any atom is -0.493 e. The number of nitrogens with zero attached hydrogens (tertiary/aromatic N) is 1. The molecule has 0 aliphatic carbocycles. The van der Waals surface area contributed by atoms with Crippen molar-refractivity contribution in [2.45, 2.75) is 19.3 Å². The van der Waals surface area contributed by atoms with E-state index in [2.05, 4.69) is 0 Å². The van der Waals surface area contributed by atoms with Crippen LogP contribution in [0.1, 0.15) is 19.3 Å². The molecule has 0 unspecified atom stereocenters. The Kier molecular flexibility index (Phi) is 5.28. The summed E-state index contributed by atoms with van der Waals surface area (Å²) in [7, 11) is 0. The largest absolute Gasteiger partial charge is 0.493 e. The van der Waals surface area contributed by atoms with E-state index in [0.717, 1.165) is 19.3 Å². The summed E-state index contributed by atoms with van der Waals surface area (Å²) in [6.45, 7) is 0.706. The summed E-state index contributed by atoms with van der Waals surface area (Å²) in [6.07, 6.45) is 2.49. The molecule has 0 saturated heterocycles. The Balaban J connectivity index is 2.36. The minimum atomic E-state index is -0.446. The number of ether oxygens (including phenoxy) is 1. The maximum atomic E-state index is 10.5. The molecule has 1 aromatic carbocycles. The van der Waals surface area contributed by atoms with Crippen molar-refractivity contribution in [2.24, 2.45) is 0 Å². The van der Waals surface area contributed by atoms with Crippen LogP contribution >= 0.6 is 0 Å². The highest BCUT2D eigenvalue weighted by atomic mass is 16.6. The van der Waals surface area contributed by atoms with E-state index in [1.807, 2.05) is 0 Å². The second-order valence-corrected chi connectivity index (χ2v) is 3.39. The monoisotopic (exact) mass is 225 g/mol. The van der Waals surface area contributed by atoms with Crippen molar-refractivity contribution in [1.29, 1.82) is 0 Å². The average Bonchev–Trinajstić information content (AvgIpc) is 2.29. The number of nitro groups is 1. The number of benzene rings is 1. The smallest absolute Gasteiger partial charge is 0.273 e. The predicted molar refractivity (Wildman–Crippen MR) is 59.5 cm³/mol. The molecule has 0 atom stereocenters. The summed E-state index contributed by atoms with van der Waals surface area (Å²) in [5.74, 6) is 0.512. The molecule has 0 spiro atoms. The highest BCUT2D eigenvalue weighted by Gasteiger charge is 2.05. The van der Waals surface area contributed by atoms with Gasteiger partial charge in [-0.1, -0.05) is 6.07 Å². The van der Waals surface area contributed by atoms with Crippen molar-refractivity contribution in [2.75, 3.05) is 13.2 Å². The third-order valence-electron chi connectivity index (χ3n) is 2.10. The molecule has 16 heavy (non-hydrogen) atoms. The number of hydrogen-bond acceptors (Lipinski definition) is 4. The van der Waals surface area contributed by atoms with Gasteiger partial charge in [-0.3, -0.25) is 10.1 Å². The SMILES string of the molecule is O=[N+]([O-])c1cccc(OCCCCCO)c1. The van der Waals surface area contributed by atoms with Crippen LogP contribution in [0.15, 0.2) is 24.3 Å². The van der Waals surface area contributed by atoms with E-state index >= 15 is 0 Å². The van der Waals surface area contributed by atoms with Gasteiger partial charge in [0.05, 0.1) is 17.6 Å². The van der Waals surface area contributed by atoms with E-state index in [1.54, 1.807) is 12.1 Å². The van der Waals surface area contributed by atoms with E-state index in [0.29, 0.717) is 12.4 Å². The van der Waals surface area contributed by atoms with E-state index in [1.165, 1.54) is 12.1 Å². The van der Waals surface area contributed by atoms with Crippen molar-refractivity contribution < 1.29 is 14.8 Å². The van der Waals surface area contributed by atoms with Gasteiger partial charge in [0.25, 0.3) is 5.69 Å². The van der Waals surface area contributed by atoms with Gasteiger partial charge in [-0.25, -0.2) is 0 Å². The van der Waals surface area contributed by atoms with E-state index in [4.69, 9.17) is 9.84 Å². The first-order valence-corrected chi connectivity index (χ1v) is 5.22. The highest BCUT2D eigenvalue weighted by molar-refractivity contribution is 5.37. The Morgan fingerprint density at radius 2 is 2.12 bits per heavy atom. The van der Waals surface area contributed by atoms with Crippen molar-refractivity contribution in [1.82, 2.24) is 0 Å². The molecule has 88 valence electrons. The van der Waals surface area contributed by atoms with Gasteiger partial charge in [0.2, 0.25) is 0 Å². The van der Waals surface area contributed by atoms with E-state index in [9.17, 15) is 10.1 Å². The molecule has 0 amide bonds. The van der Waals surface area contributed by atoms with Gasteiger partial charge in [-0.05, 0) is 25.3 Å². The summed E-state index contributed by atoms with van der Waals surface area (Å²) in [6, 6.07) is 6.13. The summed E-state index contributed by atoms with van der Waals surface area (Å²) in [5.41, 5.74) is 0.0351. The summed E-state index contributed by atoms with van der Waals surface area (Å²) in [4.78, 5) is 10.0. The minimum absolute atomic E-state index is 0.0351. The lowest BCUT2D eigenvalue weighted by molar-refractivity contribution is -0.384. The number of aliphatic hydroxyl groups is 1. The summed E-state index contributed by atoms with van der Waals surface area (Å²) < 4.78 is 5.36. The molecule has 0 bridgehead atoms. The first-order valence-electron chi connectivity index (χ1n) is 5.22. The zero-order chi connectivity index (χ0) is 11.8. The number of aliphatic hydroxyl groups excluding tert-OH is 1. The average molecular weight is 225 g/mol. The van der Waals surface area contributed by atoms with E-state index < -0.39 is 4.92 Å². The lowest BCUT2D eigenvalue weighted by Gasteiger charge is -2.05. The van der Waals surface area contributed by atoms with Gasteiger partial charge in [-0.15, -0.1) is 0 Å². The Labute approximate surface area is 93.8 Å². The maximum absolute atomic E-state index is 10.5. The van der Waals surface area contributed by atoms with Crippen LogP contribution in [0.4, 0.5) is 5.69 Å². The molecule has 5 heteroatoms. The molecule has 0 fully saturated rings. The lowest BCUT2D eigenvalue weighted by atomic mass is 10.2. The van der Waals surface area contributed by atoms with Crippen LogP contribution in [0.3, 0.4) is 0 Å². The van der Waals surface area contributed by atoms with Gasteiger partial charge < -0.3 is 9.84 Å². The Morgan fingerprint density at radius 1 is 1.31 bits per heavy atom. The number of unbranched alkanes of at least 4 members (excludes halogenated alkanes) is 2. The van der Waals surface area contributed by atoms with Crippen LogP contribution in [0.5, 0.6) is 5.75 Å². The normalized spacial score (nSPS) is 10.1. The summed E-state index contributed by atoms with van der Waals surface area (Å²) >= 11 is 0. The van der Waals surface area contributed by atoms with Crippen LogP contribution in [0, 0.1) is 10.1 Å². The molecule has 1 N–H and O–H groups in total. The van der Waals surface area contributed by atoms with Crippen LogP contribution < -0.4 is 4.74 Å². The van der Waals surface area contributed by atoms with Crippen LogP contribution in [0.25, 0.3) is 0 Å². The highest BCUT2D eigenvalue weighted by Crippen LogP contribution is 2.19. The number of rotatable bonds is 7. The Bertz CT molecular complexity index is 341. The summed E-state index contributed by atoms with van der Waals surface area (Å²) in [5, 5.41) is 19.1. The molecule has 1 aromatic rings. The second-order valence-electron chi connectivity index (χ2n) is 3.39. The topological polar surface area (TPSA) is 72.6 Å². The molecule has 0 aromatic heterocycles. The molecular weight excluding hydrogens is 210 g/mol. The van der Waals surface area contributed by atoms with Crippen LogP contribution in [-0.4, -0.2) is 23.2 Å². The number of nitro benzene ring substituents is 1. The third-order valence-corrected chi connectivity index (χ3v) is 2.10. The van der Waals surface area contributed by atoms with Crippen molar-refractivity contribution >= 4 is 5.69 Å². The maximum Gasteiger partial charge on any atom is 0.273 e. The fourth-order valence-corrected chi connectivity index (χ4v) is 1.27. The van der Waals surface area contributed by atoms with Gasteiger partial charge in [0, 0.05) is 12.7 Å². The molecule has 0 aliphatic heterocycles. The number of hydrogen-bond donors (Lipinski definition) is 1. The standard InChI is InChI=1S/C11H15NO4/c13-7-2-1-3-8-16-11-6-4-5-10(9-11)12(14)15/h4-6,9,13H,1-3,7-8H2. The molecule has 0 aliphatic rings. The van der Waals surface area contributed by atoms with Gasteiger partial charge in [0.15, 0.2) is 0 Å². The quantitative estimate of drug-likeness (QED) is 0.438. The molecule has 5 nitrogen and oxygen atoms in total. The zero-order valence-electron chi connectivity index (χ0n) is 8.96. The van der Waals surface area contributed by atoms with Crippen molar-refractivity contribution in [3.8, 4) is 5.75 Å². The molecular formula is C11H15NO4. The number of non-ortho nitro benzene ring substituents is 1. The molecule has 0 heterocycles. The van der Waals surface area contributed by atoms with E-state index in [-0.39, 0.29) is 12.3 Å². The third kappa shape index (κ3) is 4.27.